The van der Waals surface area contributed by atoms with Crippen LogP contribution >= 0.6 is 11.3 Å². The number of aromatic nitrogens is 4. The van der Waals surface area contributed by atoms with Gasteiger partial charge in [0, 0.05) is 29.9 Å². The van der Waals surface area contributed by atoms with E-state index in [1.54, 1.807) is 23.6 Å². The number of hydrogen-bond acceptors (Lipinski definition) is 4. The molecule has 0 fully saturated rings. The van der Waals surface area contributed by atoms with Gasteiger partial charge < -0.3 is 4.57 Å². The van der Waals surface area contributed by atoms with Gasteiger partial charge in [-0.2, -0.15) is 5.10 Å². The summed E-state index contributed by atoms with van der Waals surface area (Å²) in [6.07, 6.45) is 6.52. The molecule has 3 rings (SSSR count). The summed E-state index contributed by atoms with van der Waals surface area (Å²) in [6.45, 7) is 0.916. The van der Waals surface area contributed by atoms with Crippen molar-refractivity contribution in [3.8, 4) is 10.6 Å². The van der Waals surface area contributed by atoms with Crippen LogP contribution in [0.25, 0.3) is 10.6 Å². The van der Waals surface area contributed by atoms with E-state index in [1.165, 1.54) is 10.9 Å². The van der Waals surface area contributed by atoms with Gasteiger partial charge >= 0.3 is 0 Å². The lowest BCUT2D eigenvalue weighted by atomic mass is 10.3. The number of H-pyrrole nitrogens is 1. The number of imidazole rings is 1. The van der Waals surface area contributed by atoms with Crippen LogP contribution in [0.2, 0.25) is 0 Å². The summed E-state index contributed by atoms with van der Waals surface area (Å²) >= 11 is 1.70. The van der Waals surface area contributed by atoms with E-state index in [-0.39, 0.29) is 5.56 Å². The van der Waals surface area contributed by atoms with Crippen molar-refractivity contribution in [2.75, 3.05) is 0 Å². The van der Waals surface area contributed by atoms with Gasteiger partial charge in [0.15, 0.2) is 0 Å². The summed E-state index contributed by atoms with van der Waals surface area (Å²) in [6, 6.07) is 7.37. The average Bonchev–Trinajstić information content (AvgIpc) is 3.09. The molecule has 5 nitrogen and oxygen atoms in total. The first-order valence-corrected chi connectivity index (χ1v) is 6.73. The standard InChI is InChI=1S/C13H12N4OS/c18-13-4-2-11(15-16-13)12-3-1-10(19-12)5-7-17-8-6-14-9-17/h1-4,6,8-9H,5,7H2,(H,16,18). The second-order valence-corrected chi connectivity index (χ2v) is 5.29. The van der Waals surface area contributed by atoms with Gasteiger partial charge in [-0.05, 0) is 24.6 Å². The molecule has 0 aliphatic heterocycles. The Morgan fingerprint density at radius 3 is 2.95 bits per heavy atom. The first-order chi connectivity index (χ1) is 9.31. The third kappa shape index (κ3) is 2.79. The second kappa shape index (κ2) is 5.19. The molecular weight excluding hydrogens is 260 g/mol. The third-order valence-corrected chi connectivity index (χ3v) is 3.94. The van der Waals surface area contributed by atoms with Crippen molar-refractivity contribution in [2.24, 2.45) is 0 Å². The number of rotatable bonds is 4. The Morgan fingerprint density at radius 1 is 1.26 bits per heavy atom. The molecule has 0 aliphatic carbocycles. The van der Waals surface area contributed by atoms with Gasteiger partial charge in [-0.15, -0.1) is 11.3 Å². The zero-order chi connectivity index (χ0) is 13.1. The minimum atomic E-state index is -0.180. The maximum absolute atomic E-state index is 11.0. The van der Waals surface area contributed by atoms with Gasteiger partial charge in [0.2, 0.25) is 0 Å². The molecule has 1 N–H and O–H groups in total. The number of thiophene rings is 1. The summed E-state index contributed by atoms with van der Waals surface area (Å²) < 4.78 is 2.05. The highest BCUT2D eigenvalue weighted by atomic mass is 32.1. The quantitative estimate of drug-likeness (QED) is 0.789. The number of aryl methyl sites for hydroxylation is 2. The highest BCUT2D eigenvalue weighted by Crippen LogP contribution is 2.26. The molecule has 0 aliphatic rings. The number of nitrogens with one attached hydrogen (secondary N) is 1. The Bertz CT molecular complexity index is 694. The molecule has 0 unspecified atom stereocenters. The lowest BCUT2D eigenvalue weighted by molar-refractivity contribution is 0.701. The van der Waals surface area contributed by atoms with Crippen LogP contribution in [0, 0.1) is 0 Å². The van der Waals surface area contributed by atoms with Crippen molar-refractivity contribution >= 4 is 11.3 Å². The molecule has 0 saturated carbocycles. The first-order valence-electron chi connectivity index (χ1n) is 5.92. The van der Waals surface area contributed by atoms with Crippen LogP contribution in [0.15, 0.2) is 47.8 Å². The van der Waals surface area contributed by atoms with Crippen LogP contribution in [-0.4, -0.2) is 19.7 Å². The van der Waals surface area contributed by atoms with Gasteiger partial charge in [-0.25, -0.2) is 10.1 Å². The van der Waals surface area contributed by atoms with E-state index in [9.17, 15) is 4.79 Å². The van der Waals surface area contributed by atoms with E-state index in [4.69, 9.17) is 0 Å². The SMILES string of the molecule is O=c1ccc(-c2ccc(CCn3ccnc3)s2)n[nH]1. The van der Waals surface area contributed by atoms with Crippen molar-refractivity contribution in [1.29, 1.82) is 0 Å². The number of hydrogen-bond donors (Lipinski definition) is 1. The van der Waals surface area contributed by atoms with Gasteiger partial charge in [-0.1, -0.05) is 0 Å². The topological polar surface area (TPSA) is 63.6 Å². The Labute approximate surface area is 113 Å². The number of aromatic amines is 1. The second-order valence-electron chi connectivity index (χ2n) is 4.12. The summed E-state index contributed by atoms with van der Waals surface area (Å²) in [5.74, 6) is 0. The monoisotopic (exact) mass is 272 g/mol. The molecule has 6 heteroatoms. The smallest absolute Gasteiger partial charge is 0.264 e. The molecule has 0 bridgehead atoms. The van der Waals surface area contributed by atoms with Crippen molar-refractivity contribution in [1.82, 2.24) is 19.7 Å². The van der Waals surface area contributed by atoms with Crippen LogP contribution in [-0.2, 0) is 13.0 Å². The molecule has 3 aromatic rings. The minimum Gasteiger partial charge on any atom is -0.337 e. The molecular formula is C13H12N4OS. The molecule has 3 aromatic heterocycles. The zero-order valence-corrected chi connectivity index (χ0v) is 10.9. The van der Waals surface area contributed by atoms with Crippen LogP contribution < -0.4 is 5.56 Å². The van der Waals surface area contributed by atoms with E-state index in [0.29, 0.717) is 0 Å². The summed E-state index contributed by atoms with van der Waals surface area (Å²) in [4.78, 5) is 17.3. The van der Waals surface area contributed by atoms with Crippen LogP contribution in [0.1, 0.15) is 4.88 Å². The van der Waals surface area contributed by atoms with Crippen molar-refractivity contribution in [3.05, 3.63) is 58.2 Å². The first kappa shape index (κ1) is 11.9. The maximum atomic E-state index is 11.0. The zero-order valence-electron chi connectivity index (χ0n) is 10.1. The summed E-state index contributed by atoms with van der Waals surface area (Å²) in [7, 11) is 0. The van der Waals surface area contributed by atoms with Crippen LogP contribution in [0.3, 0.4) is 0 Å². The highest BCUT2D eigenvalue weighted by Gasteiger charge is 2.04. The molecule has 0 amide bonds. The van der Waals surface area contributed by atoms with Gasteiger partial charge in [0.25, 0.3) is 5.56 Å². The highest BCUT2D eigenvalue weighted by molar-refractivity contribution is 7.15. The fraction of sp³-hybridized carbons (Fsp3) is 0.154. The molecule has 0 saturated heterocycles. The van der Waals surface area contributed by atoms with E-state index in [1.807, 2.05) is 18.6 Å². The Morgan fingerprint density at radius 2 is 2.21 bits per heavy atom. The molecule has 3 heterocycles. The van der Waals surface area contributed by atoms with Crippen LogP contribution in [0.4, 0.5) is 0 Å². The van der Waals surface area contributed by atoms with Crippen molar-refractivity contribution in [2.45, 2.75) is 13.0 Å². The third-order valence-electron chi connectivity index (χ3n) is 2.77. The average molecular weight is 272 g/mol. The Kier molecular flexibility index (Phi) is 3.24. The summed E-state index contributed by atoms with van der Waals surface area (Å²) in [5, 5.41) is 6.48. The lowest BCUT2D eigenvalue weighted by Gasteiger charge is -1.99. The normalized spacial score (nSPS) is 10.7. The maximum Gasteiger partial charge on any atom is 0.264 e. The van der Waals surface area contributed by atoms with E-state index >= 15 is 0 Å². The van der Waals surface area contributed by atoms with Crippen molar-refractivity contribution in [3.63, 3.8) is 0 Å². The van der Waals surface area contributed by atoms with Gasteiger partial charge in [0.05, 0.1) is 11.2 Å². The molecule has 0 radical (unpaired) electrons. The van der Waals surface area contributed by atoms with Gasteiger partial charge in [0.1, 0.15) is 5.69 Å². The molecule has 0 aromatic carbocycles. The van der Waals surface area contributed by atoms with Gasteiger partial charge in [-0.3, -0.25) is 4.79 Å². The van der Waals surface area contributed by atoms with E-state index in [0.717, 1.165) is 23.5 Å². The van der Waals surface area contributed by atoms with Crippen molar-refractivity contribution < 1.29 is 0 Å². The minimum absolute atomic E-state index is 0.180. The summed E-state index contributed by atoms with van der Waals surface area (Å²) in [5.41, 5.74) is 0.624. The predicted octanol–water partition coefficient (Wildman–Crippen LogP) is 1.94. The number of nitrogens with zero attached hydrogens (tertiary/aromatic N) is 3. The molecule has 96 valence electrons. The van der Waals surface area contributed by atoms with Crippen LogP contribution in [0.5, 0.6) is 0 Å². The van der Waals surface area contributed by atoms with E-state index < -0.39 is 0 Å². The Balaban J connectivity index is 1.72. The lowest BCUT2D eigenvalue weighted by Crippen LogP contribution is -2.05. The molecule has 19 heavy (non-hydrogen) atoms. The largest absolute Gasteiger partial charge is 0.337 e. The fourth-order valence-electron chi connectivity index (χ4n) is 1.79. The molecule has 0 spiro atoms. The fourth-order valence-corrected chi connectivity index (χ4v) is 2.76. The Hall–Kier alpha value is -2.21. The van der Waals surface area contributed by atoms with E-state index in [2.05, 4.69) is 25.8 Å². The molecule has 0 atom stereocenters. The predicted molar refractivity (Wildman–Crippen MR) is 74.1 cm³/mol.